The highest BCUT2D eigenvalue weighted by atomic mass is 35.5. The van der Waals surface area contributed by atoms with Crippen LogP contribution >= 0.6 is 11.6 Å². The van der Waals surface area contributed by atoms with Crippen molar-refractivity contribution >= 4 is 28.9 Å². The van der Waals surface area contributed by atoms with E-state index in [0.717, 1.165) is 45.3 Å². The van der Waals surface area contributed by atoms with Crippen LogP contribution in [0.2, 0.25) is 0 Å². The molecule has 0 N–H and O–H groups in total. The highest BCUT2D eigenvalue weighted by molar-refractivity contribution is 6.31. The Labute approximate surface area is 247 Å². The van der Waals surface area contributed by atoms with E-state index < -0.39 is 0 Å². The van der Waals surface area contributed by atoms with Gasteiger partial charge in [-0.05, 0) is 82.0 Å². The number of carbonyl (C=O) groups is 1. The molecule has 0 aromatic heterocycles. The SMILES string of the molecule is C/C=C/COC(=C\CC)/C=C/C=C(C)\C(Cl)=C/C.CC.Cc1ccccc1N1C(=O)C(C)C=C1c1ccccc1. The lowest BCUT2D eigenvalue weighted by molar-refractivity contribution is -0.119. The van der Waals surface area contributed by atoms with Gasteiger partial charge < -0.3 is 4.74 Å². The van der Waals surface area contributed by atoms with Gasteiger partial charge in [0, 0.05) is 5.03 Å². The Morgan fingerprint density at radius 1 is 1.05 bits per heavy atom. The standard InChI is InChI=1S/C18H17NO.C16H23ClO.C2H6/c1-13-8-6-7-11-16(13)19-17(12-14(2)18(19)20)15-9-4-3-5-10-15;1-5-8-13-18-15(10-6-2)12-9-11-14(4)16(17)7-3;1-2/h3-12,14H,1-2H3;5,7-12H,6,13H2,1-4H3;1-2H3/b;8-5+,12-9+,14-11-,15-10-,16-7+;. The van der Waals surface area contributed by atoms with Crippen LogP contribution < -0.4 is 4.90 Å². The zero-order chi connectivity index (χ0) is 29.9. The molecule has 4 heteroatoms. The molecule has 0 fully saturated rings. The molecule has 1 aliphatic heterocycles. The molecule has 2 aromatic carbocycles. The number of hydrogen-bond acceptors (Lipinski definition) is 2. The van der Waals surface area contributed by atoms with E-state index in [4.69, 9.17) is 16.3 Å². The highest BCUT2D eigenvalue weighted by Crippen LogP contribution is 2.35. The smallest absolute Gasteiger partial charge is 0.238 e. The largest absolute Gasteiger partial charge is 0.490 e. The Bertz CT molecular complexity index is 1230. The molecule has 1 aliphatic rings. The summed E-state index contributed by atoms with van der Waals surface area (Å²) < 4.78 is 5.60. The molecule has 2 aromatic rings. The van der Waals surface area contributed by atoms with Crippen LogP contribution in [0.1, 0.15) is 66.0 Å². The molecule has 214 valence electrons. The fourth-order valence-corrected chi connectivity index (χ4v) is 3.88. The fourth-order valence-electron chi connectivity index (χ4n) is 3.81. The molecule has 3 rings (SSSR count). The van der Waals surface area contributed by atoms with Crippen LogP contribution in [0, 0.1) is 12.8 Å². The Morgan fingerprint density at radius 2 is 1.70 bits per heavy atom. The summed E-state index contributed by atoms with van der Waals surface area (Å²) in [6.07, 6.45) is 16.8. The van der Waals surface area contributed by atoms with Gasteiger partial charge in [0.1, 0.15) is 12.4 Å². The van der Waals surface area contributed by atoms with Gasteiger partial charge in [0.15, 0.2) is 0 Å². The van der Waals surface area contributed by atoms with Gasteiger partial charge in [0.2, 0.25) is 5.91 Å². The number of amides is 1. The van der Waals surface area contributed by atoms with Gasteiger partial charge in [0.25, 0.3) is 0 Å². The molecule has 3 nitrogen and oxygen atoms in total. The number of ether oxygens (including phenoxy) is 1. The summed E-state index contributed by atoms with van der Waals surface area (Å²) in [5.74, 6) is 0.944. The van der Waals surface area contributed by atoms with E-state index >= 15 is 0 Å². The molecule has 1 atom stereocenters. The van der Waals surface area contributed by atoms with Crippen LogP contribution in [-0.4, -0.2) is 12.5 Å². The first kappa shape index (κ1) is 34.5. The third kappa shape index (κ3) is 10.9. The highest BCUT2D eigenvalue weighted by Gasteiger charge is 2.32. The van der Waals surface area contributed by atoms with Gasteiger partial charge in [-0.2, -0.15) is 0 Å². The predicted octanol–water partition coefficient (Wildman–Crippen LogP) is 10.6. The second kappa shape index (κ2) is 19.5. The van der Waals surface area contributed by atoms with Gasteiger partial charge in [-0.3, -0.25) is 9.69 Å². The minimum Gasteiger partial charge on any atom is -0.490 e. The molecular formula is C36H46ClNO2. The molecule has 1 heterocycles. The lowest BCUT2D eigenvalue weighted by Crippen LogP contribution is -2.27. The van der Waals surface area contributed by atoms with Crippen molar-refractivity contribution in [3.63, 3.8) is 0 Å². The molecule has 40 heavy (non-hydrogen) atoms. The number of halogens is 1. The number of aryl methyl sites for hydroxylation is 1. The van der Waals surface area contributed by atoms with Crippen molar-refractivity contribution in [3.8, 4) is 0 Å². The predicted molar refractivity (Wildman–Crippen MR) is 175 cm³/mol. The number of carbonyl (C=O) groups excluding carboxylic acids is 1. The van der Waals surface area contributed by atoms with Crippen LogP contribution in [0.3, 0.4) is 0 Å². The number of allylic oxidation sites excluding steroid dienone is 8. The summed E-state index contributed by atoms with van der Waals surface area (Å²) in [6.45, 7) is 16.6. The molecule has 0 spiro atoms. The number of benzene rings is 2. The Hall–Kier alpha value is -3.56. The minimum absolute atomic E-state index is 0.0789. The number of nitrogens with zero attached hydrogens (tertiary/aromatic N) is 1. The van der Waals surface area contributed by atoms with Gasteiger partial charge in [-0.25, -0.2) is 0 Å². The van der Waals surface area contributed by atoms with Gasteiger partial charge in [0.05, 0.1) is 17.3 Å². The monoisotopic (exact) mass is 559 g/mol. The second-order valence-electron chi connectivity index (χ2n) is 8.91. The van der Waals surface area contributed by atoms with Crippen LogP contribution in [-0.2, 0) is 9.53 Å². The van der Waals surface area contributed by atoms with Crippen molar-refractivity contribution in [2.45, 2.75) is 61.8 Å². The zero-order valence-electron chi connectivity index (χ0n) is 25.4. The van der Waals surface area contributed by atoms with E-state index in [1.54, 1.807) is 0 Å². The number of para-hydroxylation sites is 1. The molecular weight excluding hydrogens is 514 g/mol. The van der Waals surface area contributed by atoms with Gasteiger partial charge in [-0.15, -0.1) is 0 Å². The molecule has 0 radical (unpaired) electrons. The Balaban J connectivity index is 0.000000380. The number of rotatable bonds is 9. The minimum atomic E-state index is -0.0789. The fraction of sp³-hybridized carbons (Fsp3) is 0.306. The zero-order valence-corrected chi connectivity index (χ0v) is 26.2. The normalized spacial score (nSPS) is 16.0. The first-order valence-corrected chi connectivity index (χ1v) is 14.5. The first-order valence-electron chi connectivity index (χ1n) is 14.1. The maximum Gasteiger partial charge on any atom is 0.238 e. The Morgan fingerprint density at radius 3 is 2.30 bits per heavy atom. The maximum atomic E-state index is 12.5. The van der Waals surface area contributed by atoms with E-state index in [0.29, 0.717) is 6.61 Å². The first-order chi connectivity index (χ1) is 19.3. The average Bonchev–Trinajstić information content (AvgIpc) is 3.28. The van der Waals surface area contributed by atoms with Crippen LogP contribution in [0.15, 0.2) is 120 Å². The van der Waals surface area contributed by atoms with Crippen molar-refractivity contribution < 1.29 is 9.53 Å². The second-order valence-corrected chi connectivity index (χ2v) is 9.31. The van der Waals surface area contributed by atoms with E-state index in [2.05, 4.69) is 13.0 Å². The summed E-state index contributed by atoms with van der Waals surface area (Å²) >= 11 is 6.00. The molecule has 1 unspecified atom stereocenters. The van der Waals surface area contributed by atoms with Gasteiger partial charge in [-0.1, -0.05) is 111 Å². The molecule has 0 aliphatic carbocycles. The van der Waals surface area contributed by atoms with E-state index in [-0.39, 0.29) is 11.8 Å². The summed E-state index contributed by atoms with van der Waals surface area (Å²) in [7, 11) is 0. The quantitative estimate of drug-likeness (QED) is 0.174. The lowest BCUT2D eigenvalue weighted by atomic mass is 10.1. The topological polar surface area (TPSA) is 29.5 Å². The van der Waals surface area contributed by atoms with Crippen LogP contribution in [0.25, 0.3) is 5.70 Å². The summed E-state index contributed by atoms with van der Waals surface area (Å²) in [4.78, 5) is 14.4. The number of anilines is 1. The summed E-state index contributed by atoms with van der Waals surface area (Å²) in [6, 6.07) is 18.1. The van der Waals surface area contributed by atoms with Crippen molar-refractivity contribution in [1.82, 2.24) is 0 Å². The third-order valence-electron chi connectivity index (χ3n) is 5.91. The molecule has 0 saturated heterocycles. The van der Waals surface area contributed by atoms with Crippen molar-refractivity contribution in [1.29, 1.82) is 0 Å². The van der Waals surface area contributed by atoms with Crippen molar-refractivity contribution in [2.75, 3.05) is 11.5 Å². The number of hydrogen-bond donors (Lipinski definition) is 0. The van der Waals surface area contributed by atoms with Crippen molar-refractivity contribution in [2.24, 2.45) is 5.92 Å². The Kier molecular flexibility index (Phi) is 16.8. The molecule has 0 bridgehead atoms. The van der Waals surface area contributed by atoms with E-state index in [1.165, 1.54) is 0 Å². The molecule has 1 amide bonds. The maximum absolute atomic E-state index is 12.5. The summed E-state index contributed by atoms with van der Waals surface area (Å²) in [5, 5.41) is 0.774. The van der Waals surface area contributed by atoms with Gasteiger partial charge >= 0.3 is 0 Å². The lowest BCUT2D eigenvalue weighted by Gasteiger charge is -2.23. The average molecular weight is 560 g/mol. The third-order valence-corrected chi connectivity index (χ3v) is 6.43. The van der Waals surface area contributed by atoms with E-state index in [1.807, 2.05) is 150 Å². The van der Waals surface area contributed by atoms with E-state index in [9.17, 15) is 4.79 Å². The molecule has 0 saturated carbocycles. The van der Waals surface area contributed by atoms with Crippen LogP contribution in [0.4, 0.5) is 5.69 Å². The van der Waals surface area contributed by atoms with Crippen LogP contribution in [0.5, 0.6) is 0 Å². The summed E-state index contributed by atoms with van der Waals surface area (Å²) in [5.41, 5.74) is 5.18. The van der Waals surface area contributed by atoms with Crippen molar-refractivity contribution in [3.05, 3.63) is 131 Å².